The summed E-state index contributed by atoms with van der Waals surface area (Å²) in [6.45, 7) is 10.2. The molecule has 3 heteroatoms. The highest BCUT2D eigenvalue weighted by Crippen LogP contribution is 2.12. The van der Waals surface area contributed by atoms with Crippen LogP contribution in [0.2, 0.25) is 0 Å². The SMILES string of the molecule is CCOC(C)CNCC(O)(CC)CC. The molecular weight excluding hydrogens is 178 g/mol. The van der Waals surface area contributed by atoms with E-state index in [-0.39, 0.29) is 6.10 Å². The van der Waals surface area contributed by atoms with Gasteiger partial charge in [-0.2, -0.15) is 0 Å². The zero-order chi connectivity index (χ0) is 11.0. The fourth-order valence-electron chi connectivity index (χ4n) is 1.35. The summed E-state index contributed by atoms with van der Waals surface area (Å²) >= 11 is 0. The Balaban J connectivity index is 3.61. The van der Waals surface area contributed by atoms with Crippen molar-refractivity contribution in [1.82, 2.24) is 5.32 Å². The van der Waals surface area contributed by atoms with Crippen LogP contribution in [0, 0.1) is 0 Å². The van der Waals surface area contributed by atoms with E-state index >= 15 is 0 Å². The standard InChI is InChI=1S/C11H25NO2/c1-5-11(13,6-2)9-12-8-10(4)14-7-3/h10,12-13H,5-9H2,1-4H3. The van der Waals surface area contributed by atoms with E-state index in [1.54, 1.807) is 0 Å². The first kappa shape index (κ1) is 13.9. The maximum Gasteiger partial charge on any atom is 0.0766 e. The van der Waals surface area contributed by atoms with E-state index < -0.39 is 5.60 Å². The van der Waals surface area contributed by atoms with Gasteiger partial charge in [0.25, 0.3) is 0 Å². The highest BCUT2D eigenvalue weighted by atomic mass is 16.5. The van der Waals surface area contributed by atoms with Crippen molar-refractivity contribution in [2.45, 2.75) is 52.2 Å². The number of aliphatic hydroxyl groups is 1. The van der Waals surface area contributed by atoms with Crippen LogP contribution in [0.15, 0.2) is 0 Å². The molecule has 1 unspecified atom stereocenters. The summed E-state index contributed by atoms with van der Waals surface area (Å²) < 4.78 is 5.38. The monoisotopic (exact) mass is 203 g/mol. The molecule has 1 atom stereocenters. The molecule has 0 aliphatic carbocycles. The predicted molar refractivity (Wildman–Crippen MR) is 59.5 cm³/mol. The van der Waals surface area contributed by atoms with Gasteiger partial charge in [-0.3, -0.25) is 0 Å². The minimum atomic E-state index is -0.550. The largest absolute Gasteiger partial charge is 0.389 e. The van der Waals surface area contributed by atoms with Crippen LogP contribution in [0.1, 0.15) is 40.5 Å². The van der Waals surface area contributed by atoms with Gasteiger partial charge in [0, 0.05) is 19.7 Å². The van der Waals surface area contributed by atoms with Crippen molar-refractivity contribution in [3.05, 3.63) is 0 Å². The third-order valence-electron chi connectivity index (χ3n) is 2.65. The Morgan fingerprint density at radius 1 is 1.29 bits per heavy atom. The highest BCUT2D eigenvalue weighted by Gasteiger charge is 2.21. The Morgan fingerprint density at radius 2 is 1.86 bits per heavy atom. The van der Waals surface area contributed by atoms with Crippen molar-refractivity contribution in [2.75, 3.05) is 19.7 Å². The minimum Gasteiger partial charge on any atom is -0.389 e. The molecule has 3 nitrogen and oxygen atoms in total. The van der Waals surface area contributed by atoms with Gasteiger partial charge in [0.1, 0.15) is 0 Å². The van der Waals surface area contributed by atoms with Crippen molar-refractivity contribution >= 4 is 0 Å². The normalized spacial score (nSPS) is 14.4. The maximum atomic E-state index is 9.97. The zero-order valence-corrected chi connectivity index (χ0v) is 9.97. The van der Waals surface area contributed by atoms with Gasteiger partial charge in [0.15, 0.2) is 0 Å². The molecule has 0 aromatic heterocycles. The van der Waals surface area contributed by atoms with Crippen LogP contribution >= 0.6 is 0 Å². The number of hydrogen-bond acceptors (Lipinski definition) is 3. The lowest BCUT2D eigenvalue weighted by atomic mass is 9.98. The first-order valence-corrected chi connectivity index (χ1v) is 5.62. The second-order valence-corrected chi connectivity index (χ2v) is 3.83. The maximum absolute atomic E-state index is 9.97. The van der Waals surface area contributed by atoms with Crippen LogP contribution in [0.5, 0.6) is 0 Å². The topological polar surface area (TPSA) is 41.5 Å². The van der Waals surface area contributed by atoms with E-state index in [1.807, 2.05) is 27.7 Å². The molecule has 0 aromatic carbocycles. The van der Waals surface area contributed by atoms with Gasteiger partial charge in [0.2, 0.25) is 0 Å². The highest BCUT2D eigenvalue weighted by molar-refractivity contribution is 4.77. The molecule has 0 spiro atoms. The second-order valence-electron chi connectivity index (χ2n) is 3.83. The number of rotatable bonds is 8. The van der Waals surface area contributed by atoms with Gasteiger partial charge in [-0.15, -0.1) is 0 Å². The third kappa shape index (κ3) is 5.58. The Kier molecular flexibility index (Phi) is 7.15. The molecular formula is C11H25NO2. The lowest BCUT2D eigenvalue weighted by molar-refractivity contribution is 0.0246. The van der Waals surface area contributed by atoms with Crippen LogP contribution in [-0.4, -0.2) is 36.5 Å². The first-order valence-electron chi connectivity index (χ1n) is 5.62. The molecule has 0 radical (unpaired) electrons. The van der Waals surface area contributed by atoms with Crippen LogP contribution in [0.4, 0.5) is 0 Å². The molecule has 0 saturated carbocycles. The van der Waals surface area contributed by atoms with Crippen LogP contribution in [0.3, 0.4) is 0 Å². The van der Waals surface area contributed by atoms with Gasteiger partial charge in [-0.25, -0.2) is 0 Å². The average Bonchev–Trinajstić information content (AvgIpc) is 2.18. The summed E-state index contributed by atoms with van der Waals surface area (Å²) in [5.74, 6) is 0. The molecule has 14 heavy (non-hydrogen) atoms. The molecule has 0 saturated heterocycles. The summed E-state index contributed by atoms with van der Waals surface area (Å²) in [6.07, 6.45) is 1.80. The molecule has 0 aromatic rings. The zero-order valence-electron chi connectivity index (χ0n) is 9.97. The molecule has 0 fully saturated rings. The smallest absolute Gasteiger partial charge is 0.0766 e. The molecule has 2 N–H and O–H groups in total. The van der Waals surface area contributed by atoms with Crippen molar-refractivity contribution in [3.63, 3.8) is 0 Å². The van der Waals surface area contributed by atoms with Crippen molar-refractivity contribution in [3.8, 4) is 0 Å². The lowest BCUT2D eigenvalue weighted by Crippen LogP contribution is -2.42. The Bertz CT molecular complexity index is 135. The van der Waals surface area contributed by atoms with E-state index in [4.69, 9.17) is 4.74 Å². The first-order chi connectivity index (χ1) is 6.58. The van der Waals surface area contributed by atoms with Crippen LogP contribution in [0.25, 0.3) is 0 Å². The van der Waals surface area contributed by atoms with Gasteiger partial charge >= 0.3 is 0 Å². The number of ether oxygens (including phenoxy) is 1. The summed E-state index contributed by atoms with van der Waals surface area (Å²) in [7, 11) is 0. The second kappa shape index (κ2) is 7.21. The third-order valence-corrected chi connectivity index (χ3v) is 2.65. The van der Waals surface area contributed by atoms with E-state index in [0.29, 0.717) is 6.54 Å². The van der Waals surface area contributed by atoms with Gasteiger partial charge < -0.3 is 15.2 Å². The van der Waals surface area contributed by atoms with Crippen molar-refractivity contribution in [1.29, 1.82) is 0 Å². The van der Waals surface area contributed by atoms with Gasteiger partial charge in [-0.05, 0) is 26.7 Å². The van der Waals surface area contributed by atoms with Crippen LogP contribution < -0.4 is 5.32 Å². The van der Waals surface area contributed by atoms with E-state index in [1.165, 1.54) is 0 Å². The fourth-order valence-corrected chi connectivity index (χ4v) is 1.35. The van der Waals surface area contributed by atoms with Crippen molar-refractivity contribution in [2.24, 2.45) is 0 Å². The number of nitrogens with one attached hydrogen (secondary N) is 1. The average molecular weight is 203 g/mol. The van der Waals surface area contributed by atoms with Crippen LogP contribution in [-0.2, 0) is 4.74 Å². The predicted octanol–water partition coefficient (Wildman–Crippen LogP) is 1.55. The molecule has 0 amide bonds. The molecule has 0 aliphatic heterocycles. The summed E-state index contributed by atoms with van der Waals surface area (Å²) in [4.78, 5) is 0. The fraction of sp³-hybridized carbons (Fsp3) is 1.00. The minimum absolute atomic E-state index is 0.220. The molecule has 0 heterocycles. The summed E-state index contributed by atoms with van der Waals surface area (Å²) in [5.41, 5.74) is -0.550. The molecule has 0 aliphatic rings. The van der Waals surface area contributed by atoms with E-state index in [0.717, 1.165) is 26.0 Å². The van der Waals surface area contributed by atoms with Crippen molar-refractivity contribution < 1.29 is 9.84 Å². The Labute approximate surface area is 87.8 Å². The Hall–Kier alpha value is -0.120. The van der Waals surface area contributed by atoms with Gasteiger partial charge in [0.05, 0.1) is 11.7 Å². The summed E-state index contributed by atoms with van der Waals surface area (Å²) in [6, 6.07) is 0. The number of hydrogen-bond donors (Lipinski definition) is 2. The Morgan fingerprint density at radius 3 is 2.29 bits per heavy atom. The lowest BCUT2D eigenvalue weighted by Gasteiger charge is -2.26. The van der Waals surface area contributed by atoms with Gasteiger partial charge in [-0.1, -0.05) is 13.8 Å². The molecule has 86 valence electrons. The quantitative estimate of drug-likeness (QED) is 0.629. The van der Waals surface area contributed by atoms with E-state index in [9.17, 15) is 5.11 Å². The van der Waals surface area contributed by atoms with E-state index in [2.05, 4.69) is 5.32 Å². The summed E-state index contributed by atoms with van der Waals surface area (Å²) in [5, 5.41) is 13.2. The molecule has 0 rings (SSSR count). The molecule has 0 bridgehead atoms.